The van der Waals surface area contributed by atoms with Gasteiger partial charge in [-0.2, -0.15) is 0 Å². The topological polar surface area (TPSA) is 52.2 Å². The van der Waals surface area contributed by atoms with Gasteiger partial charge in [0, 0.05) is 32.0 Å². The SMILES string of the molecule is Cc1cccc(C(=O)N2CCN(C)[C@H](c3ncc[nH]3)C2)c1F. The number of rotatable bonds is 2. The van der Waals surface area contributed by atoms with Gasteiger partial charge in [-0.05, 0) is 25.6 Å². The summed E-state index contributed by atoms with van der Waals surface area (Å²) in [5.41, 5.74) is 0.630. The maximum atomic E-state index is 14.2. The zero-order valence-corrected chi connectivity index (χ0v) is 12.7. The van der Waals surface area contributed by atoms with Crippen molar-refractivity contribution in [3.8, 4) is 0 Å². The predicted molar refractivity (Wildman–Crippen MR) is 81.0 cm³/mol. The highest BCUT2D eigenvalue weighted by Gasteiger charge is 2.31. The van der Waals surface area contributed by atoms with Gasteiger partial charge in [0.2, 0.25) is 0 Å². The third kappa shape index (κ3) is 2.62. The van der Waals surface area contributed by atoms with E-state index in [0.717, 1.165) is 12.4 Å². The molecule has 1 atom stereocenters. The fourth-order valence-electron chi connectivity index (χ4n) is 2.80. The molecule has 1 aromatic heterocycles. The van der Waals surface area contributed by atoms with Crippen molar-refractivity contribution in [1.82, 2.24) is 19.8 Å². The molecule has 1 aliphatic rings. The highest BCUT2D eigenvalue weighted by molar-refractivity contribution is 5.94. The third-order valence-corrected chi connectivity index (χ3v) is 4.19. The van der Waals surface area contributed by atoms with Crippen LogP contribution in [-0.4, -0.2) is 52.4 Å². The Balaban J connectivity index is 1.83. The fraction of sp³-hybridized carbons (Fsp3) is 0.375. The van der Waals surface area contributed by atoms with Crippen molar-refractivity contribution in [2.24, 2.45) is 0 Å². The van der Waals surface area contributed by atoms with Gasteiger partial charge in [0.15, 0.2) is 0 Å². The van der Waals surface area contributed by atoms with Crippen LogP contribution in [0.25, 0.3) is 0 Å². The lowest BCUT2D eigenvalue weighted by atomic mass is 10.1. The Morgan fingerprint density at radius 2 is 2.23 bits per heavy atom. The first-order valence-corrected chi connectivity index (χ1v) is 7.32. The van der Waals surface area contributed by atoms with Crippen LogP contribution < -0.4 is 0 Å². The van der Waals surface area contributed by atoms with Crippen LogP contribution in [0.15, 0.2) is 30.6 Å². The number of carbonyl (C=O) groups excluding carboxylic acids is 1. The first-order valence-electron chi connectivity index (χ1n) is 7.32. The number of likely N-dealkylation sites (N-methyl/N-ethyl adjacent to an activating group) is 1. The summed E-state index contributed by atoms with van der Waals surface area (Å²) in [5, 5.41) is 0. The first kappa shape index (κ1) is 14.7. The highest BCUT2D eigenvalue weighted by Crippen LogP contribution is 2.23. The molecule has 116 valence electrons. The van der Waals surface area contributed by atoms with E-state index in [4.69, 9.17) is 0 Å². The molecule has 2 heterocycles. The number of nitrogens with zero attached hydrogens (tertiary/aromatic N) is 3. The van der Waals surface area contributed by atoms with Crippen LogP contribution >= 0.6 is 0 Å². The maximum Gasteiger partial charge on any atom is 0.256 e. The quantitative estimate of drug-likeness (QED) is 0.923. The molecular formula is C16H19FN4O. The molecular weight excluding hydrogens is 283 g/mol. The largest absolute Gasteiger partial charge is 0.347 e. The van der Waals surface area contributed by atoms with Gasteiger partial charge in [0.05, 0.1) is 11.6 Å². The second-order valence-electron chi connectivity index (χ2n) is 5.66. The van der Waals surface area contributed by atoms with E-state index in [2.05, 4.69) is 14.9 Å². The maximum absolute atomic E-state index is 14.2. The summed E-state index contributed by atoms with van der Waals surface area (Å²) >= 11 is 0. The number of hydrogen-bond donors (Lipinski definition) is 1. The van der Waals surface area contributed by atoms with E-state index < -0.39 is 5.82 Å². The van der Waals surface area contributed by atoms with E-state index in [9.17, 15) is 9.18 Å². The number of aryl methyl sites for hydroxylation is 1. The summed E-state index contributed by atoms with van der Waals surface area (Å²) in [6, 6.07) is 4.93. The number of carbonyl (C=O) groups is 1. The lowest BCUT2D eigenvalue weighted by Gasteiger charge is -2.38. The number of benzene rings is 1. The molecule has 1 saturated heterocycles. The van der Waals surface area contributed by atoms with E-state index >= 15 is 0 Å². The summed E-state index contributed by atoms with van der Waals surface area (Å²) < 4.78 is 14.2. The zero-order chi connectivity index (χ0) is 15.7. The smallest absolute Gasteiger partial charge is 0.256 e. The van der Waals surface area contributed by atoms with E-state index in [0.29, 0.717) is 18.7 Å². The van der Waals surface area contributed by atoms with Crippen LogP contribution in [0.1, 0.15) is 27.8 Å². The molecule has 0 saturated carbocycles. The van der Waals surface area contributed by atoms with Crippen molar-refractivity contribution in [3.63, 3.8) is 0 Å². The summed E-state index contributed by atoms with van der Waals surface area (Å²) in [7, 11) is 2.00. The van der Waals surface area contributed by atoms with Crippen LogP contribution in [0.4, 0.5) is 4.39 Å². The van der Waals surface area contributed by atoms with Gasteiger partial charge in [0.1, 0.15) is 11.6 Å². The average molecular weight is 302 g/mol. The predicted octanol–water partition coefficient (Wildman–Crippen LogP) is 1.99. The molecule has 1 aromatic carbocycles. The van der Waals surface area contributed by atoms with Crippen molar-refractivity contribution in [1.29, 1.82) is 0 Å². The van der Waals surface area contributed by atoms with E-state index in [-0.39, 0.29) is 17.5 Å². The standard InChI is InChI=1S/C16H19FN4O/c1-11-4-3-5-12(14(11)17)16(22)21-9-8-20(2)13(10-21)15-18-6-7-19-15/h3-7,13H,8-10H2,1-2H3,(H,18,19)/t13-/m0/s1. The number of aromatic amines is 1. The van der Waals surface area contributed by atoms with Gasteiger partial charge in [-0.25, -0.2) is 9.37 Å². The molecule has 5 nitrogen and oxygen atoms in total. The van der Waals surface area contributed by atoms with Gasteiger partial charge in [0.25, 0.3) is 5.91 Å². The number of piperazine rings is 1. The number of H-pyrrole nitrogens is 1. The molecule has 1 N–H and O–H groups in total. The number of halogens is 1. The highest BCUT2D eigenvalue weighted by atomic mass is 19.1. The van der Waals surface area contributed by atoms with Gasteiger partial charge < -0.3 is 9.88 Å². The molecule has 6 heteroatoms. The summed E-state index contributed by atoms with van der Waals surface area (Å²) in [4.78, 5) is 23.9. The summed E-state index contributed by atoms with van der Waals surface area (Å²) in [5.74, 6) is 0.136. The van der Waals surface area contributed by atoms with Gasteiger partial charge in [-0.3, -0.25) is 9.69 Å². The first-order chi connectivity index (χ1) is 10.6. The molecule has 3 rings (SSSR count). The summed E-state index contributed by atoms with van der Waals surface area (Å²) in [6.45, 7) is 3.47. The molecule has 0 bridgehead atoms. The minimum absolute atomic E-state index is 0.000528. The van der Waals surface area contributed by atoms with E-state index in [1.807, 2.05) is 7.05 Å². The zero-order valence-electron chi connectivity index (χ0n) is 12.7. The van der Waals surface area contributed by atoms with Crippen molar-refractivity contribution < 1.29 is 9.18 Å². The van der Waals surface area contributed by atoms with Crippen molar-refractivity contribution in [2.75, 3.05) is 26.7 Å². The van der Waals surface area contributed by atoms with Gasteiger partial charge >= 0.3 is 0 Å². The van der Waals surface area contributed by atoms with Crippen LogP contribution in [0.2, 0.25) is 0 Å². The second-order valence-corrected chi connectivity index (χ2v) is 5.66. The lowest BCUT2D eigenvalue weighted by molar-refractivity contribution is 0.0530. The Kier molecular flexibility index (Phi) is 3.94. The number of amides is 1. The minimum Gasteiger partial charge on any atom is -0.347 e. The van der Waals surface area contributed by atoms with Crippen LogP contribution in [0.5, 0.6) is 0 Å². The Labute approximate surface area is 128 Å². The lowest BCUT2D eigenvalue weighted by Crippen LogP contribution is -2.49. The van der Waals surface area contributed by atoms with Gasteiger partial charge in [-0.1, -0.05) is 12.1 Å². The van der Waals surface area contributed by atoms with E-state index in [1.54, 1.807) is 42.4 Å². The molecule has 0 aliphatic carbocycles. The van der Waals surface area contributed by atoms with Crippen molar-refractivity contribution in [2.45, 2.75) is 13.0 Å². The number of hydrogen-bond acceptors (Lipinski definition) is 3. The molecule has 2 aromatic rings. The molecule has 1 fully saturated rings. The molecule has 1 aliphatic heterocycles. The van der Waals surface area contributed by atoms with Crippen LogP contribution in [0, 0.1) is 12.7 Å². The van der Waals surface area contributed by atoms with E-state index in [1.165, 1.54) is 0 Å². The van der Waals surface area contributed by atoms with Crippen molar-refractivity contribution in [3.05, 3.63) is 53.4 Å². The fourth-order valence-corrected chi connectivity index (χ4v) is 2.80. The number of nitrogens with one attached hydrogen (secondary N) is 1. The molecule has 1 amide bonds. The van der Waals surface area contributed by atoms with Gasteiger partial charge in [-0.15, -0.1) is 0 Å². The third-order valence-electron chi connectivity index (χ3n) is 4.19. The van der Waals surface area contributed by atoms with Crippen molar-refractivity contribution >= 4 is 5.91 Å². The normalized spacial score (nSPS) is 19.4. The Hall–Kier alpha value is -2.21. The molecule has 0 spiro atoms. The number of aromatic nitrogens is 2. The summed E-state index contributed by atoms with van der Waals surface area (Å²) in [6.07, 6.45) is 3.47. The second kappa shape index (κ2) is 5.88. The van der Waals surface area contributed by atoms with Crippen LogP contribution in [0.3, 0.4) is 0 Å². The minimum atomic E-state index is -0.430. The average Bonchev–Trinajstić information content (AvgIpc) is 3.04. The molecule has 0 unspecified atom stereocenters. The Bertz CT molecular complexity index is 671. The Morgan fingerprint density at radius 3 is 2.95 bits per heavy atom. The number of imidazole rings is 1. The van der Waals surface area contributed by atoms with Crippen LogP contribution in [-0.2, 0) is 0 Å². The Morgan fingerprint density at radius 1 is 1.41 bits per heavy atom. The monoisotopic (exact) mass is 302 g/mol. The molecule has 22 heavy (non-hydrogen) atoms. The molecule has 0 radical (unpaired) electrons.